The van der Waals surface area contributed by atoms with Gasteiger partial charge in [0.15, 0.2) is 0 Å². The first-order valence-electron chi connectivity index (χ1n) is 6.96. The van der Waals surface area contributed by atoms with Crippen LogP contribution in [-0.4, -0.2) is 31.5 Å². The second kappa shape index (κ2) is 6.41. The Labute approximate surface area is 118 Å². The molecule has 0 saturated carbocycles. The largest absolute Gasteiger partial charge is 0.494 e. The van der Waals surface area contributed by atoms with Crippen molar-refractivity contribution < 1.29 is 14.3 Å². The Balaban J connectivity index is 2.05. The molecular weight excluding hydrogens is 256 g/mol. The Hall–Kier alpha value is -2.04. The molecule has 5 nitrogen and oxygen atoms in total. The summed E-state index contributed by atoms with van der Waals surface area (Å²) in [6.07, 6.45) is 0.277. The van der Waals surface area contributed by atoms with Crippen molar-refractivity contribution in [2.75, 3.05) is 24.6 Å². The van der Waals surface area contributed by atoms with Crippen molar-refractivity contribution in [3.8, 4) is 5.75 Å². The predicted octanol–water partition coefficient (Wildman–Crippen LogP) is 1.57. The lowest BCUT2D eigenvalue weighted by Crippen LogP contribution is -2.32. The van der Waals surface area contributed by atoms with E-state index in [1.54, 1.807) is 4.90 Å². The number of nitrogens with one attached hydrogen (secondary N) is 1. The van der Waals surface area contributed by atoms with Crippen molar-refractivity contribution in [2.24, 2.45) is 5.92 Å². The number of hydrogen-bond donors (Lipinski definition) is 1. The number of nitrogens with zero attached hydrogens (tertiary/aromatic N) is 1. The molecule has 0 aromatic heterocycles. The molecule has 1 heterocycles. The van der Waals surface area contributed by atoms with Crippen LogP contribution < -0.4 is 15.0 Å². The SMILES string of the molecule is CCNC(=O)[C@@H]1CC(=O)N(c2ccc(OCC)cc2)C1. The summed E-state index contributed by atoms with van der Waals surface area (Å²) in [6, 6.07) is 7.38. The summed E-state index contributed by atoms with van der Waals surface area (Å²) in [4.78, 5) is 25.5. The summed E-state index contributed by atoms with van der Waals surface area (Å²) < 4.78 is 5.37. The average molecular weight is 276 g/mol. The molecule has 1 fully saturated rings. The lowest BCUT2D eigenvalue weighted by molar-refractivity contribution is -0.126. The molecule has 108 valence electrons. The molecule has 0 aliphatic carbocycles. The molecule has 0 unspecified atom stereocenters. The Kier molecular flexibility index (Phi) is 4.61. The molecule has 0 bridgehead atoms. The molecule has 1 aliphatic heterocycles. The summed E-state index contributed by atoms with van der Waals surface area (Å²) >= 11 is 0. The number of carbonyl (C=O) groups is 2. The van der Waals surface area contributed by atoms with E-state index in [2.05, 4.69) is 5.32 Å². The van der Waals surface area contributed by atoms with E-state index in [1.165, 1.54) is 0 Å². The van der Waals surface area contributed by atoms with Gasteiger partial charge in [-0.2, -0.15) is 0 Å². The number of rotatable bonds is 5. The Morgan fingerprint density at radius 3 is 2.65 bits per heavy atom. The van der Waals surface area contributed by atoms with Gasteiger partial charge < -0.3 is 15.0 Å². The molecule has 20 heavy (non-hydrogen) atoms. The molecule has 5 heteroatoms. The van der Waals surface area contributed by atoms with E-state index in [9.17, 15) is 9.59 Å². The highest BCUT2D eigenvalue weighted by molar-refractivity contribution is 6.00. The molecule has 1 atom stereocenters. The van der Waals surface area contributed by atoms with Crippen LogP contribution in [-0.2, 0) is 9.59 Å². The fraction of sp³-hybridized carbons (Fsp3) is 0.467. The zero-order valence-electron chi connectivity index (χ0n) is 11.9. The Morgan fingerprint density at radius 2 is 2.05 bits per heavy atom. The summed E-state index contributed by atoms with van der Waals surface area (Å²) in [6.45, 7) is 5.44. The fourth-order valence-corrected chi connectivity index (χ4v) is 2.34. The highest BCUT2D eigenvalue weighted by Gasteiger charge is 2.34. The molecule has 0 radical (unpaired) electrons. The van der Waals surface area contributed by atoms with Gasteiger partial charge in [0.1, 0.15) is 5.75 Å². The van der Waals surface area contributed by atoms with Gasteiger partial charge in [0.2, 0.25) is 11.8 Å². The molecule has 1 aromatic rings. The van der Waals surface area contributed by atoms with Gasteiger partial charge in [-0.05, 0) is 38.1 Å². The molecule has 1 aromatic carbocycles. The highest BCUT2D eigenvalue weighted by atomic mass is 16.5. The van der Waals surface area contributed by atoms with E-state index >= 15 is 0 Å². The summed E-state index contributed by atoms with van der Waals surface area (Å²) in [5.41, 5.74) is 0.810. The van der Waals surface area contributed by atoms with Crippen molar-refractivity contribution in [3.05, 3.63) is 24.3 Å². The van der Waals surface area contributed by atoms with Gasteiger partial charge in [-0.15, -0.1) is 0 Å². The second-order valence-corrected chi connectivity index (χ2v) is 4.73. The third-order valence-electron chi connectivity index (χ3n) is 3.31. The van der Waals surface area contributed by atoms with Gasteiger partial charge in [0, 0.05) is 25.2 Å². The first-order chi connectivity index (χ1) is 9.65. The molecule has 1 aliphatic rings. The van der Waals surface area contributed by atoms with Crippen molar-refractivity contribution in [1.29, 1.82) is 0 Å². The van der Waals surface area contributed by atoms with Gasteiger partial charge in [-0.25, -0.2) is 0 Å². The van der Waals surface area contributed by atoms with Crippen LogP contribution in [0.3, 0.4) is 0 Å². The second-order valence-electron chi connectivity index (χ2n) is 4.73. The van der Waals surface area contributed by atoms with E-state index < -0.39 is 0 Å². The van der Waals surface area contributed by atoms with E-state index in [1.807, 2.05) is 38.1 Å². The minimum Gasteiger partial charge on any atom is -0.494 e. The number of carbonyl (C=O) groups excluding carboxylic acids is 2. The summed E-state index contributed by atoms with van der Waals surface area (Å²) in [5.74, 6) is 0.469. The maximum atomic E-state index is 12.0. The van der Waals surface area contributed by atoms with Crippen LogP contribution in [0, 0.1) is 5.92 Å². The normalized spacial score (nSPS) is 18.2. The fourth-order valence-electron chi connectivity index (χ4n) is 2.34. The third-order valence-corrected chi connectivity index (χ3v) is 3.31. The van der Waals surface area contributed by atoms with Crippen molar-refractivity contribution in [1.82, 2.24) is 5.32 Å². The van der Waals surface area contributed by atoms with Gasteiger partial charge >= 0.3 is 0 Å². The first kappa shape index (κ1) is 14.4. The maximum absolute atomic E-state index is 12.0. The maximum Gasteiger partial charge on any atom is 0.227 e. The van der Waals surface area contributed by atoms with Crippen LogP contribution in [0.4, 0.5) is 5.69 Å². The molecule has 2 amide bonds. The number of hydrogen-bond acceptors (Lipinski definition) is 3. The lowest BCUT2D eigenvalue weighted by Gasteiger charge is -2.17. The number of amides is 2. The minimum absolute atomic E-state index is 0.00888. The number of benzene rings is 1. The van der Waals surface area contributed by atoms with E-state index in [0.29, 0.717) is 19.7 Å². The van der Waals surface area contributed by atoms with Crippen LogP contribution in [0.15, 0.2) is 24.3 Å². The zero-order valence-corrected chi connectivity index (χ0v) is 11.9. The molecule has 2 rings (SSSR count). The van der Waals surface area contributed by atoms with Gasteiger partial charge in [-0.3, -0.25) is 9.59 Å². The monoisotopic (exact) mass is 276 g/mol. The van der Waals surface area contributed by atoms with Crippen LogP contribution in [0.5, 0.6) is 5.75 Å². The smallest absolute Gasteiger partial charge is 0.227 e. The summed E-state index contributed by atoms with van der Waals surface area (Å²) in [7, 11) is 0. The summed E-state index contributed by atoms with van der Waals surface area (Å²) in [5, 5.41) is 2.77. The van der Waals surface area contributed by atoms with Crippen LogP contribution in [0.25, 0.3) is 0 Å². The third kappa shape index (κ3) is 3.10. The van der Waals surface area contributed by atoms with Crippen molar-refractivity contribution in [2.45, 2.75) is 20.3 Å². The van der Waals surface area contributed by atoms with Crippen molar-refractivity contribution >= 4 is 17.5 Å². The minimum atomic E-state index is -0.256. The van der Waals surface area contributed by atoms with Crippen LogP contribution >= 0.6 is 0 Å². The van der Waals surface area contributed by atoms with E-state index in [0.717, 1.165) is 11.4 Å². The first-order valence-corrected chi connectivity index (χ1v) is 6.96. The molecule has 1 N–H and O–H groups in total. The molecular formula is C15H20N2O3. The predicted molar refractivity (Wildman–Crippen MR) is 76.8 cm³/mol. The standard InChI is InChI=1S/C15H20N2O3/c1-3-16-15(19)11-9-14(18)17(10-11)12-5-7-13(8-6-12)20-4-2/h5-8,11H,3-4,9-10H2,1-2H3,(H,16,19)/t11-/m1/s1. The number of anilines is 1. The highest BCUT2D eigenvalue weighted by Crippen LogP contribution is 2.26. The Morgan fingerprint density at radius 1 is 1.35 bits per heavy atom. The van der Waals surface area contributed by atoms with Gasteiger partial charge in [-0.1, -0.05) is 0 Å². The van der Waals surface area contributed by atoms with E-state index in [-0.39, 0.29) is 24.2 Å². The number of ether oxygens (including phenoxy) is 1. The van der Waals surface area contributed by atoms with Crippen molar-refractivity contribution in [3.63, 3.8) is 0 Å². The molecule has 1 saturated heterocycles. The van der Waals surface area contributed by atoms with E-state index in [4.69, 9.17) is 4.74 Å². The lowest BCUT2D eigenvalue weighted by atomic mass is 10.1. The topological polar surface area (TPSA) is 58.6 Å². The van der Waals surface area contributed by atoms with Gasteiger partial charge in [0.05, 0.1) is 12.5 Å². The van der Waals surface area contributed by atoms with Gasteiger partial charge in [0.25, 0.3) is 0 Å². The average Bonchev–Trinajstić information content (AvgIpc) is 2.83. The molecule has 0 spiro atoms. The van der Waals surface area contributed by atoms with Crippen LogP contribution in [0.1, 0.15) is 20.3 Å². The zero-order chi connectivity index (χ0) is 14.5. The quantitative estimate of drug-likeness (QED) is 0.888. The Bertz CT molecular complexity index is 484. The van der Waals surface area contributed by atoms with Crippen LogP contribution in [0.2, 0.25) is 0 Å².